The van der Waals surface area contributed by atoms with Crippen LogP contribution in [0.4, 0.5) is 9.18 Å². The molecule has 0 bridgehead atoms. The fraction of sp³-hybridized carbons (Fsp3) is 0.933. The highest BCUT2D eigenvalue weighted by molar-refractivity contribution is 5.68. The third kappa shape index (κ3) is 7.38. The lowest BCUT2D eigenvalue weighted by atomic mass is 9.83. The van der Waals surface area contributed by atoms with Crippen molar-refractivity contribution < 1.29 is 13.9 Å². The highest BCUT2D eigenvalue weighted by atomic mass is 19.1. The molecule has 1 fully saturated rings. The molecule has 1 amide bonds. The van der Waals surface area contributed by atoms with E-state index >= 15 is 0 Å². The predicted molar refractivity (Wildman–Crippen MR) is 74.9 cm³/mol. The molecular formula is C15H28FNO2. The third-order valence-corrected chi connectivity index (χ3v) is 3.56. The molecule has 1 aliphatic carbocycles. The number of nitrogens with one attached hydrogen (secondary N) is 1. The Balaban J connectivity index is 2.17. The molecule has 0 heterocycles. The molecule has 112 valence electrons. The molecule has 0 spiro atoms. The van der Waals surface area contributed by atoms with Gasteiger partial charge in [-0.3, -0.25) is 4.39 Å². The fourth-order valence-corrected chi connectivity index (χ4v) is 2.60. The molecular weight excluding hydrogens is 245 g/mol. The molecule has 1 N–H and O–H groups in total. The molecule has 3 nitrogen and oxygen atoms in total. The Morgan fingerprint density at radius 2 is 1.84 bits per heavy atom. The van der Waals surface area contributed by atoms with Gasteiger partial charge in [0.1, 0.15) is 5.60 Å². The zero-order valence-corrected chi connectivity index (χ0v) is 12.5. The number of halogens is 1. The first-order chi connectivity index (χ1) is 8.90. The van der Waals surface area contributed by atoms with Crippen LogP contribution in [0.3, 0.4) is 0 Å². The largest absolute Gasteiger partial charge is 0.444 e. The Bertz CT molecular complexity index is 268. The van der Waals surface area contributed by atoms with Gasteiger partial charge in [-0.2, -0.15) is 0 Å². The maximum atomic E-state index is 12.0. The van der Waals surface area contributed by atoms with E-state index in [2.05, 4.69) is 5.32 Å². The minimum Gasteiger partial charge on any atom is -0.444 e. The van der Waals surface area contributed by atoms with Gasteiger partial charge in [-0.25, -0.2) is 4.79 Å². The van der Waals surface area contributed by atoms with Gasteiger partial charge in [0.15, 0.2) is 0 Å². The lowest BCUT2D eigenvalue weighted by Gasteiger charge is -2.30. The van der Waals surface area contributed by atoms with Crippen molar-refractivity contribution in [3.63, 3.8) is 0 Å². The number of amides is 1. The topological polar surface area (TPSA) is 38.3 Å². The van der Waals surface area contributed by atoms with E-state index in [1.54, 1.807) is 0 Å². The molecule has 1 aliphatic rings. The van der Waals surface area contributed by atoms with Crippen molar-refractivity contribution in [1.82, 2.24) is 5.32 Å². The van der Waals surface area contributed by atoms with Crippen LogP contribution in [-0.2, 0) is 4.74 Å². The van der Waals surface area contributed by atoms with E-state index in [0.717, 1.165) is 38.5 Å². The molecule has 1 saturated carbocycles. The van der Waals surface area contributed by atoms with Crippen LogP contribution in [0, 0.1) is 5.92 Å². The average molecular weight is 273 g/mol. The summed E-state index contributed by atoms with van der Waals surface area (Å²) in [5, 5.41) is 2.94. The molecule has 0 aliphatic heterocycles. The van der Waals surface area contributed by atoms with Gasteiger partial charge in [0.2, 0.25) is 0 Å². The maximum Gasteiger partial charge on any atom is 0.407 e. The van der Waals surface area contributed by atoms with E-state index in [4.69, 9.17) is 4.74 Å². The van der Waals surface area contributed by atoms with Crippen LogP contribution in [0.5, 0.6) is 0 Å². The van der Waals surface area contributed by atoms with E-state index in [9.17, 15) is 9.18 Å². The van der Waals surface area contributed by atoms with E-state index in [-0.39, 0.29) is 18.8 Å². The first-order valence-corrected chi connectivity index (χ1v) is 7.46. The fourth-order valence-electron chi connectivity index (χ4n) is 2.60. The normalized spacial score (nSPS) is 24.0. The van der Waals surface area contributed by atoms with Gasteiger partial charge in [0.25, 0.3) is 0 Å². The number of alkyl carbamates (subject to hydrolysis) is 1. The first-order valence-electron chi connectivity index (χ1n) is 7.46. The van der Waals surface area contributed by atoms with Crippen molar-refractivity contribution in [2.45, 2.75) is 77.4 Å². The number of ether oxygens (including phenoxy) is 1. The van der Waals surface area contributed by atoms with E-state index in [0.29, 0.717) is 12.3 Å². The van der Waals surface area contributed by atoms with Crippen LogP contribution in [-0.4, -0.2) is 24.4 Å². The summed E-state index contributed by atoms with van der Waals surface area (Å²) < 4.78 is 17.3. The van der Waals surface area contributed by atoms with Crippen molar-refractivity contribution in [2.75, 3.05) is 6.67 Å². The Morgan fingerprint density at radius 3 is 2.37 bits per heavy atom. The number of unbranched alkanes of at least 4 members (excludes halogenated alkanes) is 1. The lowest BCUT2D eigenvalue weighted by Crippen LogP contribution is -2.40. The zero-order chi connectivity index (χ0) is 14.3. The van der Waals surface area contributed by atoms with Crippen LogP contribution in [0.25, 0.3) is 0 Å². The molecule has 1 rings (SSSR count). The van der Waals surface area contributed by atoms with Crippen LogP contribution in [0.2, 0.25) is 0 Å². The molecule has 19 heavy (non-hydrogen) atoms. The summed E-state index contributed by atoms with van der Waals surface area (Å²) >= 11 is 0. The van der Waals surface area contributed by atoms with E-state index < -0.39 is 5.60 Å². The summed E-state index contributed by atoms with van der Waals surface area (Å²) in [6.07, 6.45) is 6.79. The summed E-state index contributed by atoms with van der Waals surface area (Å²) in [4.78, 5) is 11.6. The average Bonchev–Trinajstić information content (AvgIpc) is 2.29. The summed E-state index contributed by atoms with van der Waals surface area (Å²) in [5.74, 6) is 0.711. The highest BCUT2D eigenvalue weighted by Crippen LogP contribution is 2.28. The zero-order valence-electron chi connectivity index (χ0n) is 12.5. The third-order valence-electron chi connectivity index (χ3n) is 3.56. The molecule has 0 atom stereocenters. The minimum absolute atomic E-state index is 0.199. The summed E-state index contributed by atoms with van der Waals surface area (Å²) in [7, 11) is 0. The smallest absolute Gasteiger partial charge is 0.407 e. The van der Waals surface area contributed by atoms with E-state index in [1.807, 2.05) is 20.8 Å². The van der Waals surface area contributed by atoms with Gasteiger partial charge >= 0.3 is 6.09 Å². The molecule has 0 unspecified atom stereocenters. The van der Waals surface area contributed by atoms with Crippen molar-refractivity contribution in [1.29, 1.82) is 0 Å². The highest BCUT2D eigenvalue weighted by Gasteiger charge is 2.24. The summed E-state index contributed by atoms with van der Waals surface area (Å²) in [6.45, 7) is 5.41. The summed E-state index contributed by atoms with van der Waals surface area (Å²) in [6, 6.07) is 0.243. The number of carbonyl (C=O) groups excluding carboxylic acids is 1. The molecule has 4 heteroatoms. The minimum atomic E-state index is -0.437. The van der Waals surface area contributed by atoms with Gasteiger partial charge in [-0.05, 0) is 58.8 Å². The number of hydrogen-bond acceptors (Lipinski definition) is 2. The monoisotopic (exact) mass is 273 g/mol. The second-order valence-electron chi connectivity index (χ2n) is 6.55. The van der Waals surface area contributed by atoms with Gasteiger partial charge in [-0.1, -0.05) is 12.8 Å². The van der Waals surface area contributed by atoms with Crippen molar-refractivity contribution >= 4 is 6.09 Å². The van der Waals surface area contributed by atoms with Crippen molar-refractivity contribution in [2.24, 2.45) is 5.92 Å². The molecule has 0 radical (unpaired) electrons. The number of rotatable bonds is 5. The van der Waals surface area contributed by atoms with Gasteiger partial charge < -0.3 is 10.1 Å². The van der Waals surface area contributed by atoms with Gasteiger partial charge in [0, 0.05) is 6.04 Å². The number of hydrogen-bond donors (Lipinski definition) is 1. The lowest BCUT2D eigenvalue weighted by molar-refractivity contribution is 0.0486. The molecule has 0 aromatic carbocycles. The Hall–Kier alpha value is -0.800. The second kappa shape index (κ2) is 7.71. The second-order valence-corrected chi connectivity index (χ2v) is 6.55. The van der Waals surface area contributed by atoms with E-state index in [1.165, 1.54) is 0 Å². The van der Waals surface area contributed by atoms with Crippen LogP contribution < -0.4 is 5.32 Å². The van der Waals surface area contributed by atoms with Crippen molar-refractivity contribution in [3.05, 3.63) is 0 Å². The summed E-state index contributed by atoms with van der Waals surface area (Å²) in [5.41, 5.74) is -0.437. The SMILES string of the molecule is CC(C)(C)OC(=O)NC1CCC(CCCCF)CC1. The Kier molecular flexibility index (Phi) is 6.59. The standard InChI is InChI=1S/C15H28FNO2/c1-15(2,3)19-14(18)17-13-9-7-12(8-10-13)6-4-5-11-16/h12-13H,4-11H2,1-3H3,(H,17,18). The van der Waals surface area contributed by atoms with Gasteiger partial charge in [0.05, 0.1) is 6.67 Å². The molecule has 0 aromatic rings. The van der Waals surface area contributed by atoms with Crippen LogP contribution >= 0.6 is 0 Å². The molecule has 0 aromatic heterocycles. The Labute approximate surface area is 116 Å². The first kappa shape index (κ1) is 16.3. The van der Waals surface area contributed by atoms with Crippen LogP contribution in [0.1, 0.15) is 65.7 Å². The quantitative estimate of drug-likeness (QED) is 0.762. The van der Waals surface area contributed by atoms with Crippen molar-refractivity contribution in [3.8, 4) is 0 Å². The van der Waals surface area contributed by atoms with Crippen LogP contribution in [0.15, 0.2) is 0 Å². The maximum absolute atomic E-state index is 12.0. The Morgan fingerprint density at radius 1 is 1.21 bits per heavy atom. The molecule has 0 saturated heterocycles. The van der Waals surface area contributed by atoms with Gasteiger partial charge in [-0.15, -0.1) is 0 Å². The predicted octanol–water partition coefficient (Wildman–Crippen LogP) is 4.21. The number of carbonyl (C=O) groups is 1. The number of alkyl halides is 1.